The van der Waals surface area contributed by atoms with Gasteiger partial charge in [-0.2, -0.15) is 0 Å². The van der Waals surface area contributed by atoms with Crippen LogP contribution in [0.3, 0.4) is 0 Å². The second-order valence-corrected chi connectivity index (χ2v) is 7.36. The van der Waals surface area contributed by atoms with E-state index in [1.807, 2.05) is 6.07 Å². The molecular weight excluding hydrogens is 373 g/mol. The monoisotopic (exact) mass is 395 g/mol. The predicted octanol–water partition coefficient (Wildman–Crippen LogP) is 3.44. The van der Waals surface area contributed by atoms with Crippen molar-refractivity contribution >= 4 is 0 Å². The normalized spacial score (nSPS) is 19.3. The molecule has 29 heavy (non-hydrogen) atoms. The minimum atomic E-state index is -0.281. The molecule has 0 saturated carbocycles. The van der Waals surface area contributed by atoms with Crippen molar-refractivity contribution in [1.82, 2.24) is 25.1 Å². The molecule has 0 radical (unpaired) electrons. The molecule has 1 aromatic heterocycles. The van der Waals surface area contributed by atoms with Gasteiger partial charge in [0.15, 0.2) is 11.5 Å². The fourth-order valence-electron chi connectivity index (χ4n) is 3.94. The van der Waals surface area contributed by atoms with Gasteiger partial charge in [-0.1, -0.05) is 6.07 Å². The zero-order valence-corrected chi connectivity index (χ0v) is 16.0. The molecule has 2 aliphatic heterocycles. The smallest absolute Gasteiger partial charge is 0.204 e. The summed E-state index contributed by atoms with van der Waals surface area (Å²) >= 11 is 0. The van der Waals surface area contributed by atoms with E-state index in [0.717, 1.165) is 42.9 Å². The Morgan fingerprint density at radius 1 is 1.00 bits per heavy atom. The molecule has 3 aromatic rings. The van der Waals surface area contributed by atoms with E-state index in [4.69, 9.17) is 9.47 Å². The lowest BCUT2D eigenvalue weighted by Gasteiger charge is -2.24. The van der Waals surface area contributed by atoms with Gasteiger partial charge < -0.3 is 9.47 Å². The Labute approximate surface area is 168 Å². The van der Waals surface area contributed by atoms with Crippen LogP contribution in [0.5, 0.6) is 11.5 Å². The van der Waals surface area contributed by atoms with Crippen LogP contribution in [0.2, 0.25) is 0 Å². The predicted molar refractivity (Wildman–Crippen MR) is 104 cm³/mol. The van der Waals surface area contributed by atoms with Crippen LogP contribution in [0.1, 0.15) is 30.9 Å². The van der Waals surface area contributed by atoms with E-state index in [0.29, 0.717) is 25.7 Å². The molecule has 3 heterocycles. The average Bonchev–Trinajstić information content (AvgIpc) is 3.33. The van der Waals surface area contributed by atoms with Crippen molar-refractivity contribution < 1.29 is 13.9 Å². The van der Waals surface area contributed by atoms with E-state index < -0.39 is 0 Å². The molecule has 0 N–H and O–H groups in total. The topological polar surface area (TPSA) is 65.3 Å². The quantitative estimate of drug-likeness (QED) is 0.674. The summed E-state index contributed by atoms with van der Waals surface area (Å²) < 4.78 is 24.7. The lowest BCUT2D eigenvalue weighted by atomic mass is 10.0. The Kier molecular flexibility index (Phi) is 4.85. The Morgan fingerprint density at radius 3 is 2.69 bits per heavy atom. The molecule has 0 amide bonds. The van der Waals surface area contributed by atoms with E-state index in [1.165, 1.54) is 17.7 Å². The van der Waals surface area contributed by atoms with Gasteiger partial charge in [-0.3, -0.25) is 4.90 Å². The van der Waals surface area contributed by atoms with Crippen LogP contribution in [0.4, 0.5) is 4.39 Å². The van der Waals surface area contributed by atoms with Gasteiger partial charge in [0.25, 0.3) is 0 Å². The first-order valence-electron chi connectivity index (χ1n) is 9.94. The molecule has 8 heteroatoms. The summed E-state index contributed by atoms with van der Waals surface area (Å²) in [6.45, 7) is 2.88. The third kappa shape index (κ3) is 3.80. The fraction of sp³-hybridized carbons (Fsp3) is 0.381. The highest BCUT2D eigenvalue weighted by Crippen LogP contribution is 2.38. The summed E-state index contributed by atoms with van der Waals surface area (Å²) in [6.07, 6.45) is 3.08. The van der Waals surface area contributed by atoms with Gasteiger partial charge >= 0.3 is 0 Å². The van der Waals surface area contributed by atoms with E-state index >= 15 is 0 Å². The van der Waals surface area contributed by atoms with Crippen LogP contribution in [-0.2, 0) is 6.67 Å². The number of likely N-dealkylation sites (tertiary alicyclic amines) is 1. The SMILES string of the molecule is Fc1ccc(-c2nnn(CN3CCC[C@H]3c3ccc4c(c3)OCCCO4)n2)cc1. The number of aromatic nitrogens is 4. The highest BCUT2D eigenvalue weighted by Gasteiger charge is 2.28. The summed E-state index contributed by atoms with van der Waals surface area (Å²) in [6, 6.07) is 12.6. The first kappa shape index (κ1) is 18.1. The molecule has 150 valence electrons. The van der Waals surface area contributed by atoms with Gasteiger partial charge in [0.05, 0.1) is 13.2 Å². The van der Waals surface area contributed by atoms with Crippen molar-refractivity contribution in [2.24, 2.45) is 0 Å². The lowest BCUT2D eigenvalue weighted by Crippen LogP contribution is -2.27. The maximum Gasteiger partial charge on any atom is 0.204 e. The molecule has 1 fully saturated rings. The van der Waals surface area contributed by atoms with Crippen LogP contribution >= 0.6 is 0 Å². The second kappa shape index (κ2) is 7.79. The minimum Gasteiger partial charge on any atom is -0.490 e. The van der Waals surface area contributed by atoms with Crippen molar-refractivity contribution in [3.05, 3.63) is 53.8 Å². The van der Waals surface area contributed by atoms with E-state index in [2.05, 4.69) is 32.4 Å². The lowest BCUT2D eigenvalue weighted by molar-refractivity contribution is 0.177. The van der Waals surface area contributed by atoms with Crippen molar-refractivity contribution in [2.75, 3.05) is 19.8 Å². The van der Waals surface area contributed by atoms with E-state index in [-0.39, 0.29) is 11.9 Å². The highest BCUT2D eigenvalue weighted by atomic mass is 19.1. The number of rotatable bonds is 4. The molecule has 0 aliphatic carbocycles. The summed E-state index contributed by atoms with van der Waals surface area (Å²) in [7, 11) is 0. The first-order chi connectivity index (χ1) is 14.3. The molecular formula is C21H22FN5O2. The number of halogens is 1. The number of hydrogen-bond acceptors (Lipinski definition) is 6. The number of benzene rings is 2. The standard InChI is InChI=1S/C21H22FN5O2/c22-17-7-4-15(5-8-17)21-23-25-27(24-21)14-26-10-1-3-18(26)16-6-9-19-20(13-16)29-12-2-11-28-19/h4-9,13,18H,1-3,10-12,14H2/t18-/m0/s1. The van der Waals surface area contributed by atoms with Gasteiger partial charge in [-0.15, -0.1) is 15.0 Å². The van der Waals surface area contributed by atoms with Gasteiger partial charge in [0, 0.05) is 24.6 Å². The van der Waals surface area contributed by atoms with Crippen molar-refractivity contribution in [3.63, 3.8) is 0 Å². The number of ether oxygens (including phenoxy) is 2. The zero-order valence-electron chi connectivity index (χ0n) is 16.0. The van der Waals surface area contributed by atoms with Gasteiger partial charge in [0.1, 0.15) is 12.5 Å². The maximum absolute atomic E-state index is 13.1. The molecule has 7 nitrogen and oxygen atoms in total. The molecule has 0 spiro atoms. The second-order valence-electron chi connectivity index (χ2n) is 7.36. The van der Waals surface area contributed by atoms with Crippen molar-refractivity contribution in [2.45, 2.75) is 32.0 Å². The largest absolute Gasteiger partial charge is 0.490 e. The van der Waals surface area contributed by atoms with E-state index in [1.54, 1.807) is 16.9 Å². The number of fused-ring (bicyclic) bond motifs is 1. The molecule has 1 atom stereocenters. The van der Waals surface area contributed by atoms with Crippen LogP contribution in [0, 0.1) is 5.82 Å². The van der Waals surface area contributed by atoms with Gasteiger partial charge in [0.2, 0.25) is 5.82 Å². The summed E-state index contributed by atoms with van der Waals surface area (Å²) in [5, 5.41) is 12.8. The Hall–Kier alpha value is -3.00. The summed E-state index contributed by atoms with van der Waals surface area (Å²) in [5.74, 6) is 1.86. The average molecular weight is 395 g/mol. The van der Waals surface area contributed by atoms with Crippen LogP contribution < -0.4 is 9.47 Å². The first-order valence-corrected chi connectivity index (χ1v) is 9.94. The van der Waals surface area contributed by atoms with Crippen molar-refractivity contribution in [3.8, 4) is 22.9 Å². The highest BCUT2D eigenvalue weighted by molar-refractivity contribution is 5.53. The molecule has 0 unspecified atom stereocenters. The molecule has 1 saturated heterocycles. The Morgan fingerprint density at radius 2 is 1.83 bits per heavy atom. The summed E-state index contributed by atoms with van der Waals surface area (Å²) in [4.78, 5) is 3.94. The fourth-order valence-corrected chi connectivity index (χ4v) is 3.94. The third-order valence-electron chi connectivity index (χ3n) is 5.38. The maximum atomic E-state index is 13.1. The van der Waals surface area contributed by atoms with Gasteiger partial charge in [-0.25, -0.2) is 4.39 Å². The molecule has 2 aromatic carbocycles. The van der Waals surface area contributed by atoms with Gasteiger partial charge in [-0.05, 0) is 60.0 Å². The van der Waals surface area contributed by atoms with E-state index in [9.17, 15) is 4.39 Å². The number of tetrazole rings is 1. The van der Waals surface area contributed by atoms with Crippen LogP contribution in [0.15, 0.2) is 42.5 Å². The molecule has 5 rings (SSSR count). The summed E-state index contributed by atoms with van der Waals surface area (Å²) in [5.41, 5.74) is 1.96. The molecule has 0 bridgehead atoms. The Balaban J connectivity index is 1.33. The van der Waals surface area contributed by atoms with Crippen LogP contribution in [-0.4, -0.2) is 44.9 Å². The minimum absolute atomic E-state index is 0.271. The Bertz CT molecular complexity index is 991. The number of nitrogens with zero attached hydrogens (tertiary/aromatic N) is 5. The zero-order chi connectivity index (χ0) is 19.6. The number of hydrogen-bond donors (Lipinski definition) is 0. The third-order valence-corrected chi connectivity index (χ3v) is 5.38. The molecule has 2 aliphatic rings. The van der Waals surface area contributed by atoms with Crippen LogP contribution in [0.25, 0.3) is 11.4 Å². The van der Waals surface area contributed by atoms with Crippen molar-refractivity contribution in [1.29, 1.82) is 0 Å².